The fraction of sp³-hybridized carbons (Fsp3) is 0.900. The van der Waals surface area contributed by atoms with Crippen LogP contribution >= 0.6 is 0 Å². The van der Waals surface area contributed by atoms with Crippen molar-refractivity contribution in [2.75, 3.05) is 0 Å². The van der Waals surface area contributed by atoms with E-state index in [1.165, 1.54) is 51.4 Å². The van der Waals surface area contributed by atoms with E-state index in [2.05, 4.69) is 13.8 Å². The van der Waals surface area contributed by atoms with E-state index in [1.54, 1.807) is 0 Å². The maximum atomic E-state index is 10.2. The van der Waals surface area contributed by atoms with Crippen LogP contribution in [-0.4, -0.2) is 49.7 Å². The quantitative estimate of drug-likeness (QED) is 0.607. The molecule has 0 N–H and O–H groups in total. The number of carbonyl (C=O) groups excluding carboxylic acids is 2. The zero-order valence-corrected chi connectivity index (χ0v) is 18.3. The SMILES string of the molecule is CCC1CCC(CCC(=O)[O-])C1.CCC1CCC(CCC(=O)[O-])C1.[Ca+2]. The van der Waals surface area contributed by atoms with Gasteiger partial charge >= 0.3 is 37.7 Å². The van der Waals surface area contributed by atoms with Gasteiger partial charge in [0.1, 0.15) is 0 Å². The molecule has 0 spiro atoms. The zero-order chi connectivity index (χ0) is 17.9. The number of aliphatic carboxylic acids is 2. The van der Waals surface area contributed by atoms with Crippen molar-refractivity contribution in [2.45, 2.75) is 90.9 Å². The molecule has 4 atom stereocenters. The Morgan fingerprint density at radius 1 is 0.720 bits per heavy atom. The van der Waals surface area contributed by atoms with Crippen molar-refractivity contribution >= 4 is 49.7 Å². The fourth-order valence-corrected chi connectivity index (χ4v) is 4.27. The van der Waals surface area contributed by atoms with Crippen LogP contribution in [0.25, 0.3) is 0 Å². The summed E-state index contributed by atoms with van der Waals surface area (Å²) in [4.78, 5) is 20.4. The van der Waals surface area contributed by atoms with Gasteiger partial charge < -0.3 is 19.8 Å². The van der Waals surface area contributed by atoms with Crippen molar-refractivity contribution in [1.82, 2.24) is 0 Å². The molecule has 0 aromatic carbocycles. The molecule has 2 aliphatic rings. The largest absolute Gasteiger partial charge is 2.00 e. The van der Waals surface area contributed by atoms with E-state index in [0.717, 1.165) is 24.7 Å². The van der Waals surface area contributed by atoms with Crippen LogP contribution in [-0.2, 0) is 9.59 Å². The first-order valence-corrected chi connectivity index (χ1v) is 9.84. The smallest absolute Gasteiger partial charge is 0.550 e. The number of carboxylic acid groups (broad SMARTS) is 2. The van der Waals surface area contributed by atoms with Crippen LogP contribution in [0.5, 0.6) is 0 Å². The molecular formula is C20H34CaO4. The maximum absolute atomic E-state index is 10.2. The molecule has 0 heterocycles. The molecule has 25 heavy (non-hydrogen) atoms. The van der Waals surface area contributed by atoms with Gasteiger partial charge in [-0.15, -0.1) is 0 Å². The minimum absolute atomic E-state index is 0. The Hall–Kier alpha value is 0.200. The molecule has 0 amide bonds. The molecule has 5 heteroatoms. The minimum Gasteiger partial charge on any atom is -0.550 e. The van der Waals surface area contributed by atoms with Gasteiger partial charge in [-0.3, -0.25) is 0 Å². The van der Waals surface area contributed by atoms with Crippen molar-refractivity contribution in [2.24, 2.45) is 23.7 Å². The molecule has 2 fully saturated rings. The molecule has 2 rings (SSSR count). The van der Waals surface area contributed by atoms with E-state index in [9.17, 15) is 19.8 Å². The number of rotatable bonds is 8. The maximum Gasteiger partial charge on any atom is 2.00 e. The Morgan fingerprint density at radius 2 is 1.04 bits per heavy atom. The van der Waals surface area contributed by atoms with Gasteiger partial charge in [-0.25, -0.2) is 0 Å². The summed E-state index contributed by atoms with van der Waals surface area (Å²) in [7, 11) is 0. The minimum atomic E-state index is -0.894. The van der Waals surface area contributed by atoms with E-state index in [4.69, 9.17) is 0 Å². The van der Waals surface area contributed by atoms with Gasteiger partial charge in [-0.2, -0.15) is 0 Å². The summed E-state index contributed by atoms with van der Waals surface area (Å²) >= 11 is 0. The molecule has 0 aromatic rings. The van der Waals surface area contributed by atoms with Gasteiger partial charge in [0.15, 0.2) is 0 Å². The second-order valence-electron chi connectivity index (χ2n) is 7.73. The Kier molecular flexibility index (Phi) is 14.4. The van der Waals surface area contributed by atoms with Crippen LogP contribution in [0.1, 0.15) is 90.9 Å². The topological polar surface area (TPSA) is 80.3 Å². The molecule has 0 aliphatic heterocycles. The Morgan fingerprint density at radius 3 is 1.28 bits per heavy atom. The van der Waals surface area contributed by atoms with Crippen molar-refractivity contribution in [3.8, 4) is 0 Å². The summed E-state index contributed by atoms with van der Waals surface area (Å²) in [6, 6.07) is 0. The monoisotopic (exact) mass is 378 g/mol. The van der Waals surface area contributed by atoms with E-state index < -0.39 is 11.9 Å². The average molecular weight is 379 g/mol. The van der Waals surface area contributed by atoms with E-state index in [1.807, 2.05) is 0 Å². The van der Waals surface area contributed by atoms with Gasteiger partial charge in [0, 0.05) is 11.9 Å². The van der Waals surface area contributed by atoms with Gasteiger partial charge in [0.2, 0.25) is 0 Å². The predicted octanol–water partition coefficient (Wildman–Crippen LogP) is 2.30. The average Bonchev–Trinajstić information content (AvgIpc) is 3.20. The second-order valence-corrected chi connectivity index (χ2v) is 7.73. The molecule has 0 saturated heterocycles. The van der Waals surface area contributed by atoms with Crippen LogP contribution in [0.15, 0.2) is 0 Å². The standard InChI is InChI=1S/2C10H18O2.Ca/c2*1-2-8-3-4-9(7-8)5-6-10(11)12;/h2*8-9H,2-7H2,1H3,(H,11,12);/q;;+2/p-2. The summed E-state index contributed by atoms with van der Waals surface area (Å²) in [6.07, 6.45) is 12.2. The Balaban J connectivity index is 0.000000443. The second kappa shape index (κ2) is 14.3. The number of hydrogen-bond donors (Lipinski definition) is 0. The molecule has 0 bridgehead atoms. The van der Waals surface area contributed by atoms with Gasteiger partial charge in [0.05, 0.1) is 0 Å². The first-order valence-electron chi connectivity index (χ1n) is 9.84. The van der Waals surface area contributed by atoms with Crippen molar-refractivity contribution < 1.29 is 19.8 Å². The van der Waals surface area contributed by atoms with E-state index in [-0.39, 0.29) is 50.6 Å². The molecule has 4 nitrogen and oxygen atoms in total. The summed E-state index contributed by atoms with van der Waals surface area (Å²) in [6.45, 7) is 4.43. The third kappa shape index (κ3) is 11.5. The van der Waals surface area contributed by atoms with Gasteiger partial charge in [-0.1, -0.05) is 52.4 Å². The molecule has 2 saturated carbocycles. The number of carboxylic acids is 2. The summed E-state index contributed by atoms with van der Waals surface area (Å²) in [5.41, 5.74) is 0. The van der Waals surface area contributed by atoms with E-state index in [0.29, 0.717) is 11.8 Å². The fourth-order valence-electron chi connectivity index (χ4n) is 4.27. The van der Waals surface area contributed by atoms with Crippen LogP contribution < -0.4 is 10.2 Å². The van der Waals surface area contributed by atoms with Gasteiger partial charge in [-0.05, 0) is 62.2 Å². The van der Waals surface area contributed by atoms with Crippen LogP contribution in [0.4, 0.5) is 0 Å². The molecule has 4 unspecified atom stereocenters. The summed E-state index contributed by atoms with van der Waals surface area (Å²) in [5.74, 6) is 1.25. The molecule has 2 aliphatic carbocycles. The van der Waals surface area contributed by atoms with Crippen LogP contribution in [0, 0.1) is 23.7 Å². The zero-order valence-electron chi connectivity index (χ0n) is 16.1. The normalized spacial score (nSPS) is 27.9. The van der Waals surface area contributed by atoms with Crippen molar-refractivity contribution in [3.63, 3.8) is 0 Å². The first-order chi connectivity index (χ1) is 11.4. The molecule has 140 valence electrons. The summed E-state index contributed by atoms with van der Waals surface area (Å²) < 4.78 is 0. The molecule has 0 radical (unpaired) electrons. The Bertz CT molecular complexity index is 350. The summed E-state index contributed by atoms with van der Waals surface area (Å²) in [5, 5.41) is 20.4. The number of hydrogen-bond acceptors (Lipinski definition) is 4. The Labute approximate surface area is 183 Å². The molecular weight excluding hydrogens is 344 g/mol. The van der Waals surface area contributed by atoms with Gasteiger partial charge in [0.25, 0.3) is 0 Å². The van der Waals surface area contributed by atoms with E-state index >= 15 is 0 Å². The van der Waals surface area contributed by atoms with Crippen molar-refractivity contribution in [3.05, 3.63) is 0 Å². The molecule has 0 aromatic heterocycles. The predicted molar refractivity (Wildman–Crippen MR) is 96.5 cm³/mol. The third-order valence-electron chi connectivity index (χ3n) is 5.97. The van der Waals surface area contributed by atoms with Crippen LogP contribution in [0.3, 0.4) is 0 Å². The van der Waals surface area contributed by atoms with Crippen LogP contribution in [0.2, 0.25) is 0 Å². The first kappa shape index (κ1) is 25.2. The van der Waals surface area contributed by atoms with Crippen molar-refractivity contribution in [1.29, 1.82) is 0 Å². The third-order valence-corrected chi connectivity index (χ3v) is 5.97. The number of carbonyl (C=O) groups is 2.